The minimum atomic E-state index is -0.684. The summed E-state index contributed by atoms with van der Waals surface area (Å²) in [6.07, 6.45) is 0. The SMILES string of the molecule is O=C(NCCN1C(=O)CSC1=O)c1cc(Cl)ccc1F. The molecule has 8 heteroatoms. The molecule has 1 aliphatic rings. The van der Waals surface area contributed by atoms with Crippen molar-refractivity contribution >= 4 is 40.4 Å². The molecule has 5 nitrogen and oxygen atoms in total. The fourth-order valence-electron chi connectivity index (χ4n) is 1.65. The Morgan fingerprint density at radius 3 is 2.85 bits per heavy atom. The number of hydrogen-bond acceptors (Lipinski definition) is 4. The first-order chi connectivity index (χ1) is 9.49. The van der Waals surface area contributed by atoms with Gasteiger partial charge in [0.1, 0.15) is 5.82 Å². The van der Waals surface area contributed by atoms with E-state index in [0.717, 1.165) is 22.7 Å². The molecule has 1 aromatic carbocycles. The second kappa shape index (κ2) is 6.23. The Morgan fingerprint density at radius 2 is 2.20 bits per heavy atom. The zero-order chi connectivity index (χ0) is 14.7. The molecule has 1 aromatic rings. The molecule has 0 spiro atoms. The van der Waals surface area contributed by atoms with Crippen LogP contribution in [0.15, 0.2) is 18.2 Å². The number of benzene rings is 1. The van der Waals surface area contributed by atoms with Gasteiger partial charge in [-0.1, -0.05) is 23.4 Å². The maximum absolute atomic E-state index is 13.4. The number of carbonyl (C=O) groups excluding carboxylic acids is 3. The Kier molecular flexibility index (Phi) is 4.61. The van der Waals surface area contributed by atoms with Crippen LogP contribution in [0, 0.1) is 5.82 Å². The molecule has 3 amide bonds. The van der Waals surface area contributed by atoms with Crippen molar-refractivity contribution in [3.05, 3.63) is 34.6 Å². The van der Waals surface area contributed by atoms with E-state index >= 15 is 0 Å². The molecule has 0 radical (unpaired) electrons. The van der Waals surface area contributed by atoms with Crippen molar-refractivity contribution in [3.63, 3.8) is 0 Å². The first-order valence-corrected chi connectivity index (χ1v) is 7.06. The second-order valence-electron chi connectivity index (χ2n) is 3.98. The molecular weight excluding hydrogens is 307 g/mol. The van der Waals surface area contributed by atoms with Crippen LogP contribution in [-0.4, -0.2) is 40.8 Å². The van der Waals surface area contributed by atoms with E-state index in [0.29, 0.717) is 0 Å². The number of carbonyl (C=O) groups is 3. The van der Waals surface area contributed by atoms with Crippen molar-refractivity contribution in [1.82, 2.24) is 10.2 Å². The van der Waals surface area contributed by atoms with Gasteiger partial charge in [0, 0.05) is 18.1 Å². The zero-order valence-electron chi connectivity index (χ0n) is 10.2. The highest BCUT2D eigenvalue weighted by Gasteiger charge is 2.29. The highest BCUT2D eigenvalue weighted by Crippen LogP contribution is 2.18. The molecule has 0 bridgehead atoms. The summed E-state index contributed by atoms with van der Waals surface area (Å²) < 4.78 is 13.4. The van der Waals surface area contributed by atoms with Crippen molar-refractivity contribution in [2.75, 3.05) is 18.8 Å². The third kappa shape index (κ3) is 3.29. The number of hydrogen-bond donors (Lipinski definition) is 1. The van der Waals surface area contributed by atoms with Gasteiger partial charge in [0.2, 0.25) is 5.91 Å². The standard InChI is InChI=1S/C12H10ClFN2O3S/c13-7-1-2-9(14)8(5-7)11(18)15-3-4-16-10(17)6-20-12(16)19/h1-2,5H,3-4,6H2,(H,15,18). The Balaban J connectivity index is 1.91. The molecule has 1 aliphatic heterocycles. The van der Waals surface area contributed by atoms with Crippen LogP contribution in [-0.2, 0) is 4.79 Å². The predicted molar refractivity (Wildman–Crippen MR) is 73.3 cm³/mol. The topological polar surface area (TPSA) is 66.5 Å². The molecule has 1 fully saturated rings. The van der Waals surface area contributed by atoms with Gasteiger partial charge in [-0.15, -0.1) is 0 Å². The van der Waals surface area contributed by atoms with E-state index in [-0.39, 0.29) is 40.6 Å². The Hall–Kier alpha value is -1.60. The summed E-state index contributed by atoms with van der Waals surface area (Å²) in [4.78, 5) is 35.4. The summed E-state index contributed by atoms with van der Waals surface area (Å²) in [5.74, 6) is -1.49. The zero-order valence-corrected chi connectivity index (χ0v) is 11.8. The highest BCUT2D eigenvalue weighted by atomic mass is 35.5. The summed E-state index contributed by atoms with van der Waals surface area (Å²) in [7, 11) is 0. The molecule has 0 saturated carbocycles. The van der Waals surface area contributed by atoms with Crippen LogP contribution < -0.4 is 5.32 Å². The molecule has 0 aliphatic carbocycles. The van der Waals surface area contributed by atoms with Crippen LogP contribution in [0.25, 0.3) is 0 Å². The van der Waals surface area contributed by atoms with Crippen molar-refractivity contribution in [1.29, 1.82) is 0 Å². The van der Waals surface area contributed by atoms with Gasteiger partial charge < -0.3 is 5.32 Å². The summed E-state index contributed by atoms with van der Waals surface area (Å²) in [5, 5.41) is 2.36. The summed E-state index contributed by atoms with van der Waals surface area (Å²) >= 11 is 6.61. The first kappa shape index (κ1) is 14.8. The molecule has 20 heavy (non-hydrogen) atoms. The largest absolute Gasteiger partial charge is 0.350 e. The van der Waals surface area contributed by atoms with Crippen LogP contribution in [0.2, 0.25) is 5.02 Å². The fraction of sp³-hybridized carbons (Fsp3) is 0.250. The lowest BCUT2D eigenvalue weighted by Gasteiger charge is -2.13. The van der Waals surface area contributed by atoms with E-state index in [9.17, 15) is 18.8 Å². The Morgan fingerprint density at radius 1 is 1.45 bits per heavy atom. The van der Waals surface area contributed by atoms with Gasteiger partial charge in [-0.2, -0.15) is 0 Å². The molecule has 1 N–H and O–H groups in total. The summed E-state index contributed by atoms with van der Waals surface area (Å²) in [6.45, 7) is 0.126. The number of imide groups is 1. The molecule has 2 rings (SSSR count). The predicted octanol–water partition coefficient (Wildman–Crippen LogP) is 1.90. The van der Waals surface area contributed by atoms with Gasteiger partial charge in [0.15, 0.2) is 0 Å². The summed E-state index contributed by atoms with van der Waals surface area (Å²) in [5.41, 5.74) is -0.175. The minimum absolute atomic E-state index is 0.0584. The smallest absolute Gasteiger partial charge is 0.288 e. The maximum Gasteiger partial charge on any atom is 0.288 e. The highest BCUT2D eigenvalue weighted by molar-refractivity contribution is 8.14. The third-order valence-electron chi connectivity index (χ3n) is 2.63. The molecule has 1 heterocycles. The van der Waals surface area contributed by atoms with Gasteiger partial charge >= 0.3 is 0 Å². The number of amides is 3. The van der Waals surface area contributed by atoms with Crippen LogP contribution in [0.3, 0.4) is 0 Å². The number of nitrogens with one attached hydrogen (secondary N) is 1. The minimum Gasteiger partial charge on any atom is -0.350 e. The lowest BCUT2D eigenvalue weighted by molar-refractivity contribution is -0.124. The van der Waals surface area contributed by atoms with Crippen LogP contribution >= 0.6 is 23.4 Å². The average Bonchev–Trinajstić information content (AvgIpc) is 2.73. The van der Waals surface area contributed by atoms with Gasteiger partial charge in [-0.25, -0.2) is 4.39 Å². The van der Waals surface area contributed by atoms with Crippen LogP contribution in [0.4, 0.5) is 9.18 Å². The van der Waals surface area contributed by atoms with Crippen LogP contribution in [0.5, 0.6) is 0 Å². The quantitative estimate of drug-likeness (QED) is 0.921. The monoisotopic (exact) mass is 316 g/mol. The van der Waals surface area contributed by atoms with Crippen molar-refractivity contribution in [3.8, 4) is 0 Å². The van der Waals surface area contributed by atoms with E-state index in [4.69, 9.17) is 11.6 Å². The molecule has 106 valence electrons. The van der Waals surface area contributed by atoms with E-state index in [1.165, 1.54) is 12.1 Å². The lowest BCUT2D eigenvalue weighted by atomic mass is 10.2. The number of halogens is 2. The van der Waals surface area contributed by atoms with Crippen molar-refractivity contribution in [2.24, 2.45) is 0 Å². The van der Waals surface area contributed by atoms with Gasteiger partial charge in [-0.3, -0.25) is 19.3 Å². The number of rotatable bonds is 4. The van der Waals surface area contributed by atoms with Crippen LogP contribution in [0.1, 0.15) is 10.4 Å². The average molecular weight is 317 g/mol. The van der Waals surface area contributed by atoms with E-state index < -0.39 is 11.7 Å². The van der Waals surface area contributed by atoms with E-state index in [1.54, 1.807) is 0 Å². The summed E-state index contributed by atoms with van der Waals surface area (Å²) in [6, 6.07) is 3.65. The maximum atomic E-state index is 13.4. The molecule has 0 atom stereocenters. The third-order valence-corrected chi connectivity index (χ3v) is 3.73. The fourth-order valence-corrected chi connectivity index (χ4v) is 2.57. The number of thioether (sulfide) groups is 1. The molecule has 0 aromatic heterocycles. The van der Waals surface area contributed by atoms with Crippen molar-refractivity contribution in [2.45, 2.75) is 0 Å². The molecule has 1 saturated heterocycles. The molecular formula is C12H10ClFN2O3S. The van der Waals surface area contributed by atoms with E-state index in [1.807, 2.05) is 0 Å². The van der Waals surface area contributed by atoms with Crippen molar-refractivity contribution < 1.29 is 18.8 Å². The van der Waals surface area contributed by atoms with Gasteiger partial charge in [-0.05, 0) is 18.2 Å². The Labute approximate surface area is 123 Å². The second-order valence-corrected chi connectivity index (χ2v) is 5.34. The van der Waals surface area contributed by atoms with E-state index in [2.05, 4.69) is 5.32 Å². The van der Waals surface area contributed by atoms with Gasteiger partial charge in [0.05, 0.1) is 11.3 Å². The van der Waals surface area contributed by atoms with Gasteiger partial charge in [0.25, 0.3) is 11.1 Å². The normalized spacial score (nSPS) is 14.8. The number of nitrogens with zero attached hydrogens (tertiary/aromatic N) is 1. The molecule has 0 unspecified atom stereocenters. The lowest BCUT2D eigenvalue weighted by Crippen LogP contribution is -2.37. The Bertz CT molecular complexity index is 566. The first-order valence-electron chi connectivity index (χ1n) is 5.69.